The summed E-state index contributed by atoms with van der Waals surface area (Å²) < 4.78 is 0. The molecule has 0 saturated carbocycles. The second kappa shape index (κ2) is 9.27. The van der Waals surface area contributed by atoms with Crippen LogP contribution in [0.4, 0.5) is 5.69 Å². The third-order valence-corrected chi connectivity index (χ3v) is 3.57. The Morgan fingerprint density at radius 3 is 2.33 bits per heavy atom. The molecule has 4 heteroatoms. The van der Waals surface area contributed by atoms with Crippen LogP contribution in [0, 0.1) is 0 Å². The van der Waals surface area contributed by atoms with Gasteiger partial charge in [0.05, 0.1) is 0 Å². The van der Waals surface area contributed by atoms with Crippen LogP contribution in [0.3, 0.4) is 0 Å². The van der Waals surface area contributed by atoms with Crippen LogP contribution in [0.1, 0.15) is 25.3 Å². The van der Waals surface area contributed by atoms with Gasteiger partial charge in [-0.2, -0.15) is 0 Å². The average Bonchev–Trinajstić information content (AvgIpc) is 2.49. The standard InChI is InChI=1S/C17H30N4/c1-6-7-14-21(5)17(18-2)19-13-12-15-8-10-16(11-9-15)20(3)4/h8-11H,6-7,12-14H2,1-5H3,(H,18,19). The summed E-state index contributed by atoms with van der Waals surface area (Å²) in [6, 6.07) is 8.72. The third kappa shape index (κ3) is 6.06. The molecule has 0 spiro atoms. The SMILES string of the molecule is CCCCN(C)C(=NC)NCCc1ccc(N(C)C)cc1. The van der Waals surface area contributed by atoms with Crippen molar-refractivity contribution >= 4 is 11.6 Å². The number of rotatable bonds is 7. The van der Waals surface area contributed by atoms with Gasteiger partial charge in [-0.1, -0.05) is 25.5 Å². The van der Waals surface area contributed by atoms with E-state index in [2.05, 4.69) is 72.4 Å². The summed E-state index contributed by atoms with van der Waals surface area (Å²) in [6.07, 6.45) is 3.41. The monoisotopic (exact) mass is 290 g/mol. The van der Waals surface area contributed by atoms with Gasteiger partial charge in [0.1, 0.15) is 0 Å². The molecule has 1 rings (SSSR count). The first-order valence-corrected chi connectivity index (χ1v) is 7.76. The third-order valence-electron chi connectivity index (χ3n) is 3.57. The highest BCUT2D eigenvalue weighted by molar-refractivity contribution is 5.79. The Morgan fingerprint density at radius 2 is 1.81 bits per heavy atom. The number of guanidine groups is 1. The van der Waals surface area contributed by atoms with E-state index in [0.717, 1.165) is 25.5 Å². The molecule has 0 atom stereocenters. The van der Waals surface area contributed by atoms with Gasteiger partial charge in [0.25, 0.3) is 0 Å². The zero-order chi connectivity index (χ0) is 15.7. The molecule has 118 valence electrons. The first-order chi connectivity index (χ1) is 10.1. The van der Waals surface area contributed by atoms with Crippen LogP contribution in [-0.2, 0) is 6.42 Å². The lowest BCUT2D eigenvalue weighted by Gasteiger charge is -2.21. The molecule has 0 aliphatic carbocycles. The van der Waals surface area contributed by atoms with Crippen LogP contribution >= 0.6 is 0 Å². The van der Waals surface area contributed by atoms with Crippen LogP contribution in [0.2, 0.25) is 0 Å². The van der Waals surface area contributed by atoms with Crippen molar-refractivity contribution < 1.29 is 0 Å². The van der Waals surface area contributed by atoms with Crippen molar-refractivity contribution in [3.8, 4) is 0 Å². The predicted molar refractivity (Wildman–Crippen MR) is 93.4 cm³/mol. The molecule has 0 aromatic heterocycles. The van der Waals surface area contributed by atoms with Gasteiger partial charge in [-0.05, 0) is 30.5 Å². The largest absolute Gasteiger partial charge is 0.378 e. The summed E-state index contributed by atoms with van der Waals surface area (Å²) in [4.78, 5) is 8.64. The molecule has 0 saturated heterocycles. The molecule has 0 amide bonds. The molecule has 0 aliphatic rings. The number of unbranched alkanes of at least 4 members (excludes halogenated alkanes) is 1. The van der Waals surface area contributed by atoms with E-state index in [1.54, 1.807) is 0 Å². The number of anilines is 1. The van der Waals surface area contributed by atoms with Gasteiger partial charge < -0.3 is 15.1 Å². The Morgan fingerprint density at radius 1 is 1.14 bits per heavy atom. The molecule has 0 bridgehead atoms. The van der Waals surface area contributed by atoms with E-state index in [0.29, 0.717) is 0 Å². The van der Waals surface area contributed by atoms with Gasteiger partial charge in [0, 0.05) is 47.0 Å². The summed E-state index contributed by atoms with van der Waals surface area (Å²) in [5.74, 6) is 0.980. The molecule has 1 N–H and O–H groups in total. The minimum absolute atomic E-state index is 0.907. The molecule has 1 aromatic carbocycles. The van der Waals surface area contributed by atoms with E-state index in [1.807, 2.05) is 7.05 Å². The van der Waals surface area contributed by atoms with Crippen LogP contribution in [0.5, 0.6) is 0 Å². The molecular formula is C17H30N4. The Labute approximate surface area is 129 Å². The van der Waals surface area contributed by atoms with Gasteiger partial charge in [-0.3, -0.25) is 4.99 Å². The van der Waals surface area contributed by atoms with E-state index >= 15 is 0 Å². The van der Waals surface area contributed by atoms with E-state index < -0.39 is 0 Å². The highest BCUT2D eigenvalue weighted by Crippen LogP contribution is 2.12. The molecule has 0 aliphatic heterocycles. The van der Waals surface area contributed by atoms with Crippen molar-refractivity contribution in [2.75, 3.05) is 46.2 Å². The van der Waals surface area contributed by atoms with E-state index in [1.165, 1.54) is 24.1 Å². The maximum absolute atomic E-state index is 4.33. The Balaban J connectivity index is 2.40. The van der Waals surface area contributed by atoms with Gasteiger partial charge in [-0.25, -0.2) is 0 Å². The quantitative estimate of drug-likeness (QED) is 0.618. The number of nitrogens with zero attached hydrogens (tertiary/aromatic N) is 3. The van der Waals surface area contributed by atoms with Gasteiger partial charge in [-0.15, -0.1) is 0 Å². The lowest BCUT2D eigenvalue weighted by molar-refractivity contribution is 0.465. The minimum atomic E-state index is 0.907. The van der Waals surface area contributed by atoms with Gasteiger partial charge >= 0.3 is 0 Å². The van der Waals surface area contributed by atoms with Crippen molar-refractivity contribution in [3.63, 3.8) is 0 Å². The van der Waals surface area contributed by atoms with Crippen LogP contribution < -0.4 is 10.2 Å². The topological polar surface area (TPSA) is 30.9 Å². The number of aliphatic imine (C=N–C) groups is 1. The minimum Gasteiger partial charge on any atom is -0.378 e. The molecule has 0 unspecified atom stereocenters. The van der Waals surface area contributed by atoms with E-state index in [9.17, 15) is 0 Å². The summed E-state index contributed by atoms with van der Waals surface area (Å²) in [5, 5.41) is 3.43. The highest BCUT2D eigenvalue weighted by atomic mass is 15.3. The second-order valence-corrected chi connectivity index (χ2v) is 5.56. The predicted octanol–water partition coefficient (Wildman–Crippen LogP) is 2.60. The van der Waals surface area contributed by atoms with Crippen LogP contribution in [-0.4, -0.2) is 52.1 Å². The summed E-state index contributed by atoms with van der Waals surface area (Å²) in [6.45, 7) is 4.17. The Kier molecular flexibility index (Phi) is 7.65. The lowest BCUT2D eigenvalue weighted by Crippen LogP contribution is -2.40. The smallest absolute Gasteiger partial charge is 0.193 e. The summed E-state index contributed by atoms with van der Waals surface area (Å²) >= 11 is 0. The zero-order valence-electron chi connectivity index (χ0n) is 14.2. The van der Waals surface area contributed by atoms with Crippen molar-refractivity contribution in [1.29, 1.82) is 0 Å². The maximum atomic E-state index is 4.33. The van der Waals surface area contributed by atoms with Crippen molar-refractivity contribution in [2.24, 2.45) is 4.99 Å². The fourth-order valence-electron chi connectivity index (χ4n) is 2.17. The van der Waals surface area contributed by atoms with E-state index in [4.69, 9.17) is 0 Å². The Bertz CT molecular complexity index is 423. The summed E-state index contributed by atoms with van der Waals surface area (Å²) in [7, 11) is 8.06. The summed E-state index contributed by atoms with van der Waals surface area (Å²) in [5.41, 5.74) is 2.58. The lowest BCUT2D eigenvalue weighted by atomic mass is 10.1. The average molecular weight is 290 g/mol. The van der Waals surface area contributed by atoms with Gasteiger partial charge in [0.2, 0.25) is 0 Å². The zero-order valence-corrected chi connectivity index (χ0v) is 14.2. The molecule has 21 heavy (non-hydrogen) atoms. The molecule has 0 radical (unpaired) electrons. The number of hydrogen-bond acceptors (Lipinski definition) is 2. The van der Waals surface area contributed by atoms with E-state index in [-0.39, 0.29) is 0 Å². The molecule has 4 nitrogen and oxygen atoms in total. The first kappa shape index (κ1) is 17.3. The molecule has 0 fully saturated rings. The number of benzene rings is 1. The van der Waals surface area contributed by atoms with Crippen molar-refractivity contribution in [1.82, 2.24) is 10.2 Å². The van der Waals surface area contributed by atoms with Gasteiger partial charge in [0.15, 0.2) is 5.96 Å². The fraction of sp³-hybridized carbons (Fsp3) is 0.588. The first-order valence-electron chi connectivity index (χ1n) is 7.76. The molecule has 1 aromatic rings. The van der Waals surface area contributed by atoms with Crippen molar-refractivity contribution in [2.45, 2.75) is 26.2 Å². The number of hydrogen-bond donors (Lipinski definition) is 1. The second-order valence-electron chi connectivity index (χ2n) is 5.56. The maximum Gasteiger partial charge on any atom is 0.193 e. The van der Waals surface area contributed by atoms with Crippen LogP contribution in [0.15, 0.2) is 29.3 Å². The van der Waals surface area contributed by atoms with Crippen LogP contribution in [0.25, 0.3) is 0 Å². The Hall–Kier alpha value is -1.71. The normalized spacial score (nSPS) is 11.4. The van der Waals surface area contributed by atoms with Crippen molar-refractivity contribution in [3.05, 3.63) is 29.8 Å². The number of nitrogens with one attached hydrogen (secondary N) is 1. The molecular weight excluding hydrogens is 260 g/mol. The highest BCUT2D eigenvalue weighted by Gasteiger charge is 2.04. The fourth-order valence-corrected chi connectivity index (χ4v) is 2.17. The molecule has 0 heterocycles.